The van der Waals surface area contributed by atoms with Crippen molar-refractivity contribution in [1.82, 2.24) is 9.88 Å². The number of nitrogens with zero attached hydrogens (tertiary/aromatic N) is 3. The molecule has 0 bridgehead atoms. The van der Waals surface area contributed by atoms with Crippen molar-refractivity contribution in [2.24, 2.45) is 0 Å². The zero-order valence-electron chi connectivity index (χ0n) is 11.8. The maximum absolute atomic E-state index is 12.4. The smallest absolute Gasteiger partial charge is 0.254 e. The molecule has 0 radical (unpaired) electrons. The Morgan fingerprint density at radius 2 is 2.05 bits per heavy atom. The minimum atomic E-state index is 0.0486. The van der Waals surface area contributed by atoms with Crippen LogP contribution in [-0.2, 0) is 0 Å². The van der Waals surface area contributed by atoms with Gasteiger partial charge >= 0.3 is 0 Å². The standard InChI is InChI=1S/C15H16ClN3OS/c1-11-10-21-15(17-11)19-7-5-18(6-8-19)14(20)12-3-2-4-13(16)9-12/h2-4,9-10H,5-8H2,1H3. The largest absolute Gasteiger partial charge is 0.345 e. The number of thiazole rings is 1. The van der Waals surface area contributed by atoms with Gasteiger partial charge in [-0.15, -0.1) is 11.3 Å². The van der Waals surface area contributed by atoms with E-state index in [9.17, 15) is 4.79 Å². The van der Waals surface area contributed by atoms with Crippen LogP contribution < -0.4 is 4.90 Å². The number of benzene rings is 1. The summed E-state index contributed by atoms with van der Waals surface area (Å²) in [6.45, 7) is 5.06. The van der Waals surface area contributed by atoms with Crippen molar-refractivity contribution in [3.05, 3.63) is 45.9 Å². The number of amides is 1. The Hall–Kier alpha value is -1.59. The molecule has 21 heavy (non-hydrogen) atoms. The van der Waals surface area contributed by atoms with Crippen LogP contribution in [-0.4, -0.2) is 42.0 Å². The van der Waals surface area contributed by atoms with Gasteiger partial charge in [0.1, 0.15) is 0 Å². The quantitative estimate of drug-likeness (QED) is 0.853. The van der Waals surface area contributed by atoms with Gasteiger partial charge in [0.25, 0.3) is 5.91 Å². The van der Waals surface area contributed by atoms with Crippen LogP contribution in [0.2, 0.25) is 5.02 Å². The Balaban J connectivity index is 1.64. The molecule has 1 aliphatic rings. The molecule has 6 heteroatoms. The van der Waals surface area contributed by atoms with Crippen LogP contribution in [0.1, 0.15) is 16.1 Å². The number of piperazine rings is 1. The molecule has 0 aliphatic carbocycles. The van der Waals surface area contributed by atoms with Crippen LogP contribution in [0.3, 0.4) is 0 Å². The molecule has 0 atom stereocenters. The Morgan fingerprint density at radius 1 is 1.29 bits per heavy atom. The fraction of sp³-hybridized carbons (Fsp3) is 0.333. The number of rotatable bonds is 2. The van der Waals surface area contributed by atoms with Crippen molar-refractivity contribution < 1.29 is 4.79 Å². The van der Waals surface area contributed by atoms with Crippen LogP contribution in [0.4, 0.5) is 5.13 Å². The van der Waals surface area contributed by atoms with Crippen LogP contribution in [0, 0.1) is 6.92 Å². The molecule has 110 valence electrons. The highest BCUT2D eigenvalue weighted by Crippen LogP contribution is 2.22. The molecule has 1 fully saturated rings. The molecule has 1 amide bonds. The van der Waals surface area contributed by atoms with Crippen LogP contribution in [0.15, 0.2) is 29.6 Å². The van der Waals surface area contributed by atoms with Gasteiger partial charge in [0.05, 0.1) is 5.69 Å². The summed E-state index contributed by atoms with van der Waals surface area (Å²) in [4.78, 5) is 21.0. The summed E-state index contributed by atoms with van der Waals surface area (Å²) in [5.41, 5.74) is 1.70. The molecule has 2 aromatic rings. The van der Waals surface area contributed by atoms with E-state index in [4.69, 9.17) is 11.6 Å². The van der Waals surface area contributed by atoms with E-state index in [1.165, 1.54) is 0 Å². The van der Waals surface area contributed by atoms with E-state index in [0.29, 0.717) is 23.7 Å². The fourth-order valence-electron chi connectivity index (χ4n) is 2.39. The van der Waals surface area contributed by atoms with E-state index in [1.54, 1.807) is 23.5 Å². The summed E-state index contributed by atoms with van der Waals surface area (Å²) in [6.07, 6.45) is 0. The lowest BCUT2D eigenvalue weighted by atomic mass is 10.2. The highest BCUT2D eigenvalue weighted by atomic mass is 35.5. The first kappa shape index (κ1) is 14.4. The highest BCUT2D eigenvalue weighted by Gasteiger charge is 2.23. The normalized spacial score (nSPS) is 15.3. The lowest BCUT2D eigenvalue weighted by Gasteiger charge is -2.34. The second-order valence-corrected chi connectivity index (χ2v) is 6.33. The van der Waals surface area contributed by atoms with Crippen LogP contribution in [0.25, 0.3) is 0 Å². The summed E-state index contributed by atoms with van der Waals surface area (Å²) in [7, 11) is 0. The predicted molar refractivity (Wildman–Crippen MR) is 86.4 cm³/mol. The highest BCUT2D eigenvalue weighted by molar-refractivity contribution is 7.13. The first-order valence-electron chi connectivity index (χ1n) is 6.85. The van der Waals surface area contributed by atoms with Crippen molar-refractivity contribution in [2.45, 2.75) is 6.92 Å². The molecular weight excluding hydrogens is 306 g/mol. The molecular formula is C15H16ClN3OS. The molecule has 0 saturated carbocycles. The van der Waals surface area contributed by atoms with Crippen molar-refractivity contribution in [2.75, 3.05) is 31.1 Å². The van der Waals surface area contributed by atoms with Gasteiger partial charge in [0, 0.05) is 42.1 Å². The molecule has 1 aliphatic heterocycles. The van der Waals surface area contributed by atoms with E-state index in [0.717, 1.165) is 23.9 Å². The number of hydrogen-bond acceptors (Lipinski definition) is 4. The SMILES string of the molecule is Cc1csc(N2CCN(C(=O)c3cccc(Cl)c3)CC2)n1. The summed E-state index contributed by atoms with van der Waals surface area (Å²) < 4.78 is 0. The summed E-state index contributed by atoms with van der Waals surface area (Å²) in [5, 5.41) is 3.69. The van der Waals surface area contributed by atoms with Crippen molar-refractivity contribution in [3.63, 3.8) is 0 Å². The van der Waals surface area contributed by atoms with Gasteiger partial charge in [-0.25, -0.2) is 4.98 Å². The van der Waals surface area contributed by atoms with Gasteiger partial charge in [-0.05, 0) is 25.1 Å². The number of hydrogen-bond donors (Lipinski definition) is 0. The molecule has 1 aromatic carbocycles. The maximum atomic E-state index is 12.4. The second kappa shape index (κ2) is 6.03. The molecule has 1 aromatic heterocycles. The first-order chi connectivity index (χ1) is 10.1. The van der Waals surface area contributed by atoms with Crippen molar-refractivity contribution in [3.8, 4) is 0 Å². The summed E-state index contributed by atoms with van der Waals surface area (Å²) in [5.74, 6) is 0.0486. The van der Waals surface area contributed by atoms with Crippen molar-refractivity contribution in [1.29, 1.82) is 0 Å². The Bertz CT molecular complexity index is 650. The maximum Gasteiger partial charge on any atom is 0.254 e. The van der Waals surface area contributed by atoms with E-state index in [-0.39, 0.29) is 5.91 Å². The third-order valence-corrected chi connectivity index (χ3v) is 4.77. The molecule has 0 N–H and O–H groups in total. The molecule has 4 nitrogen and oxygen atoms in total. The third kappa shape index (κ3) is 3.19. The van der Waals surface area contributed by atoms with E-state index in [1.807, 2.05) is 24.0 Å². The number of anilines is 1. The molecule has 2 heterocycles. The van der Waals surface area contributed by atoms with Gasteiger partial charge in [-0.3, -0.25) is 4.79 Å². The second-order valence-electron chi connectivity index (χ2n) is 5.06. The van der Waals surface area contributed by atoms with Crippen LogP contribution >= 0.6 is 22.9 Å². The predicted octanol–water partition coefficient (Wildman–Crippen LogP) is 3.07. The zero-order chi connectivity index (χ0) is 14.8. The number of aromatic nitrogens is 1. The minimum absolute atomic E-state index is 0.0486. The average Bonchev–Trinajstić information content (AvgIpc) is 2.93. The van der Waals surface area contributed by atoms with Crippen molar-refractivity contribution >= 4 is 34.0 Å². The van der Waals surface area contributed by atoms with Gasteiger partial charge in [-0.2, -0.15) is 0 Å². The molecule has 1 saturated heterocycles. The van der Waals surface area contributed by atoms with E-state index >= 15 is 0 Å². The number of carbonyl (C=O) groups excluding carboxylic acids is 1. The number of carbonyl (C=O) groups is 1. The van der Waals surface area contributed by atoms with Gasteiger partial charge in [0.15, 0.2) is 5.13 Å². The Labute approximate surface area is 133 Å². The average molecular weight is 322 g/mol. The fourth-order valence-corrected chi connectivity index (χ4v) is 3.44. The zero-order valence-corrected chi connectivity index (χ0v) is 13.3. The van der Waals surface area contributed by atoms with Crippen LogP contribution in [0.5, 0.6) is 0 Å². The first-order valence-corrected chi connectivity index (χ1v) is 8.11. The third-order valence-electron chi connectivity index (χ3n) is 3.52. The Morgan fingerprint density at radius 3 is 2.67 bits per heavy atom. The molecule has 0 spiro atoms. The van der Waals surface area contributed by atoms with Gasteiger partial charge < -0.3 is 9.80 Å². The minimum Gasteiger partial charge on any atom is -0.345 e. The number of aryl methyl sites for hydroxylation is 1. The van der Waals surface area contributed by atoms with E-state index in [2.05, 4.69) is 15.3 Å². The van der Waals surface area contributed by atoms with Gasteiger partial charge in [0.2, 0.25) is 0 Å². The lowest BCUT2D eigenvalue weighted by Crippen LogP contribution is -2.48. The van der Waals surface area contributed by atoms with Gasteiger partial charge in [-0.1, -0.05) is 17.7 Å². The summed E-state index contributed by atoms with van der Waals surface area (Å²) >= 11 is 7.61. The monoisotopic (exact) mass is 321 g/mol. The topological polar surface area (TPSA) is 36.4 Å². The lowest BCUT2D eigenvalue weighted by molar-refractivity contribution is 0.0747. The Kier molecular flexibility index (Phi) is 4.12. The number of halogens is 1. The molecule has 0 unspecified atom stereocenters. The molecule has 3 rings (SSSR count). The summed E-state index contributed by atoms with van der Waals surface area (Å²) in [6, 6.07) is 7.12. The van der Waals surface area contributed by atoms with E-state index < -0.39 is 0 Å².